The van der Waals surface area contributed by atoms with Crippen molar-refractivity contribution in [3.63, 3.8) is 0 Å². The zero-order valence-corrected chi connectivity index (χ0v) is 7.78. The molecular formula is C8H5ClF3NO. The summed E-state index contributed by atoms with van der Waals surface area (Å²) in [6.45, 7) is 1.19. The quantitative estimate of drug-likeness (QED) is 0.570. The van der Waals surface area contributed by atoms with E-state index in [2.05, 4.69) is 4.98 Å². The third kappa shape index (κ3) is 2.04. The van der Waals surface area contributed by atoms with Crippen molar-refractivity contribution in [3.05, 3.63) is 28.8 Å². The van der Waals surface area contributed by atoms with Gasteiger partial charge < -0.3 is 0 Å². The molecule has 2 nitrogen and oxygen atoms in total. The van der Waals surface area contributed by atoms with Crippen LogP contribution in [-0.4, -0.2) is 10.2 Å². The third-order valence-electron chi connectivity index (χ3n) is 1.65. The minimum absolute atomic E-state index is 0.232. The molecule has 76 valence electrons. The zero-order valence-electron chi connectivity index (χ0n) is 7.02. The lowest BCUT2D eigenvalue weighted by Crippen LogP contribution is -2.05. The predicted octanol–water partition coefficient (Wildman–Crippen LogP) is 2.85. The van der Waals surface area contributed by atoms with Crippen LogP contribution in [-0.2, 0) is 0 Å². The standard InChI is InChI=1S/C8H5ClF3NO/c1-3-6(8(11)12)4(7(9)14)2-5(10)13-3/h2,8H,1H3. The fourth-order valence-corrected chi connectivity index (χ4v) is 1.24. The number of carbonyl (C=O) groups is 1. The summed E-state index contributed by atoms with van der Waals surface area (Å²) in [6.07, 6.45) is -2.90. The van der Waals surface area contributed by atoms with Crippen molar-refractivity contribution in [2.45, 2.75) is 13.3 Å². The first-order valence-corrected chi connectivity index (χ1v) is 3.96. The average Bonchev–Trinajstić information content (AvgIpc) is 2.01. The van der Waals surface area contributed by atoms with Crippen LogP contribution < -0.4 is 0 Å². The molecule has 0 spiro atoms. The molecule has 1 aromatic rings. The molecule has 6 heteroatoms. The molecule has 14 heavy (non-hydrogen) atoms. The van der Waals surface area contributed by atoms with Crippen molar-refractivity contribution >= 4 is 16.8 Å². The molecule has 0 radical (unpaired) electrons. The van der Waals surface area contributed by atoms with Gasteiger partial charge in [0, 0.05) is 11.6 Å². The average molecular weight is 224 g/mol. The summed E-state index contributed by atoms with van der Waals surface area (Å²) in [5, 5.41) is -1.12. The van der Waals surface area contributed by atoms with Crippen LogP contribution in [0.4, 0.5) is 13.2 Å². The Labute approximate surface area is 82.7 Å². The lowest BCUT2D eigenvalue weighted by Gasteiger charge is -2.07. The number of nitrogens with zero attached hydrogens (tertiary/aromatic N) is 1. The highest BCUT2D eigenvalue weighted by Crippen LogP contribution is 2.26. The third-order valence-corrected chi connectivity index (χ3v) is 1.85. The summed E-state index contributed by atoms with van der Waals surface area (Å²) in [5.41, 5.74) is -1.39. The van der Waals surface area contributed by atoms with E-state index in [-0.39, 0.29) is 5.69 Å². The maximum Gasteiger partial charge on any atom is 0.266 e. The van der Waals surface area contributed by atoms with Crippen LogP contribution in [0.3, 0.4) is 0 Å². The Bertz CT molecular complexity index is 381. The van der Waals surface area contributed by atoms with E-state index in [4.69, 9.17) is 11.6 Å². The van der Waals surface area contributed by atoms with Crippen LogP contribution in [0.1, 0.15) is 28.0 Å². The van der Waals surface area contributed by atoms with Crippen LogP contribution in [0, 0.1) is 12.9 Å². The first-order chi connectivity index (χ1) is 6.43. The second-order valence-electron chi connectivity index (χ2n) is 2.57. The Balaban J connectivity index is 3.44. The second kappa shape index (κ2) is 3.96. The van der Waals surface area contributed by atoms with E-state index >= 15 is 0 Å². The number of carbonyl (C=O) groups excluding carboxylic acids is 1. The Morgan fingerprint density at radius 1 is 1.57 bits per heavy atom. The van der Waals surface area contributed by atoms with Crippen LogP contribution in [0.25, 0.3) is 0 Å². The molecule has 0 atom stereocenters. The lowest BCUT2D eigenvalue weighted by molar-refractivity contribution is 0.106. The number of aromatic nitrogens is 1. The summed E-state index contributed by atoms with van der Waals surface area (Å²) in [7, 11) is 0. The number of aryl methyl sites for hydroxylation is 1. The maximum absolute atomic E-state index is 12.7. The SMILES string of the molecule is Cc1nc(F)cc(C(=O)Cl)c1C(F)F. The molecule has 0 fully saturated rings. The number of pyridine rings is 1. The van der Waals surface area contributed by atoms with Gasteiger partial charge in [0.2, 0.25) is 5.95 Å². The van der Waals surface area contributed by atoms with Crippen molar-refractivity contribution in [3.8, 4) is 0 Å². The fraction of sp³-hybridized carbons (Fsp3) is 0.250. The normalized spacial score (nSPS) is 10.7. The predicted molar refractivity (Wildman–Crippen MR) is 44.1 cm³/mol. The van der Waals surface area contributed by atoms with Gasteiger partial charge in [-0.1, -0.05) is 0 Å². The van der Waals surface area contributed by atoms with Crippen LogP contribution in [0.5, 0.6) is 0 Å². The Morgan fingerprint density at radius 2 is 2.14 bits per heavy atom. The molecule has 0 saturated carbocycles. The van der Waals surface area contributed by atoms with Crippen molar-refractivity contribution in [2.75, 3.05) is 0 Å². The van der Waals surface area contributed by atoms with E-state index in [9.17, 15) is 18.0 Å². The summed E-state index contributed by atoms with van der Waals surface area (Å²) in [4.78, 5) is 13.9. The van der Waals surface area contributed by atoms with Gasteiger partial charge >= 0.3 is 0 Å². The van der Waals surface area contributed by atoms with Gasteiger partial charge in [0.15, 0.2) is 0 Å². The highest BCUT2D eigenvalue weighted by molar-refractivity contribution is 6.67. The molecule has 0 aliphatic carbocycles. The molecule has 1 rings (SSSR count). The van der Waals surface area contributed by atoms with Crippen LogP contribution >= 0.6 is 11.6 Å². The van der Waals surface area contributed by atoms with Gasteiger partial charge in [0.1, 0.15) is 0 Å². The van der Waals surface area contributed by atoms with E-state index in [1.807, 2.05) is 0 Å². The van der Waals surface area contributed by atoms with Crippen molar-refractivity contribution in [1.82, 2.24) is 4.98 Å². The van der Waals surface area contributed by atoms with Crippen molar-refractivity contribution in [1.29, 1.82) is 0 Å². The minimum Gasteiger partial charge on any atom is -0.276 e. The van der Waals surface area contributed by atoms with Crippen molar-refractivity contribution < 1.29 is 18.0 Å². The molecule has 1 aromatic heterocycles. The fourth-order valence-electron chi connectivity index (χ4n) is 1.08. The zero-order chi connectivity index (χ0) is 10.9. The van der Waals surface area contributed by atoms with E-state index < -0.39 is 28.7 Å². The van der Waals surface area contributed by atoms with Gasteiger partial charge in [-0.05, 0) is 18.5 Å². The first-order valence-electron chi connectivity index (χ1n) is 3.58. The number of alkyl halides is 2. The molecule has 0 N–H and O–H groups in total. The Hall–Kier alpha value is -1.10. The summed E-state index contributed by atoms with van der Waals surface area (Å²) in [6, 6.07) is 0.601. The summed E-state index contributed by atoms with van der Waals surface area (Å²) >= 11 is 5.03. The van der Waals surface area contributed by atoms with E-state index in [1.165, 1.54) is 6.92 Å². The highest BCUT2D eigenvalue weighted by atomic mass is 35.5. The summed E-state index contributed by atoms with van der Waals surface area (Å²) < 4.78 is 37.5. The van der Waals surface area contributed by atoms with E-state index in [0.29, 0.717) is 6.07 Å². The largest absolute Gasteiger partial charge is 0.276 e. The molecule has 0 unspecified atom stereocenters. The maximum atomic E-state index is 12.7. The van der Waals surface area contributed by atoms with Gasteiger partial charge in [0.25, 0.3) is 11.7 Å². The molecule has 0 bridgehead atoms. The van der Waals surface area contributed by atoms with Gasteiger partial charge in [-0.25, -0.2) is 13.8 Å². The van der Waals surface area contributed by atoms with E-state index in [0.717, 1.165) is 0 Å². The van der Waals surface area contributed by atoms with E-state index in [1.54, 1.807) is 0 Å². The molecular weight excluding hydrogens is 219 g/mol. The first kappa shape index (κ1) is 11.0. The molecule has 0 saturated heterocycles. The molecule has 0 aromatic carbocycles. The second-order valence-corrected chi connectivity index (χ2v) is 2.91. The Morgan fingerprint density at radius 3 is 2.57 bits per heavy atom. The van der Waals surface area contributed by atoms with Crippen LogP contribution in [0.15, 0.2) is 6.07 Å². The molecule has 1 heterocycles. The van der Waals surface area contributed by atoms with Gasteiger partial charge in [-0.2, -0.15) is 4.39 Å². The smallest absolute Gasteiger partial charge is 0.266 e. The molecule has 0 aliphatic rings. The minimum atomic E-state index is -2.90. The number of halogens is 4. The topological polar surface area (TPSA) is 30.0 Å². The van der Waals surface area contributed by atoms with Crippen molar-refractivity contribution in [2.24, 2.45) is 0 Å². The Kier molecular flexibility index (Phi) is 3.10. The summed E-state index contributed by atoms with van der Waals surface area (Å²) in [5.74, 6) is -1.00. The number of rotatable bonds is 2. The molecule has 0 aliphatic heterocycles. The van der Waals surface area contributed by atoms with Gasteiger partial charge in [0.05, 0.1) is 11.3 Å². The van der Waals surface area contributed by atoms with Gasteiger partial charge in [-0.3, -0.25) is 4.79 Å². The number of hydrogen-bond acceptors (Lipinski definition) is 2. The lowest BCUT2D eigenvalue weighted by atomic mass is 10.1. The number of hydrogen-bond donors (Lipinski definition) is 0. The molecule has 0 amide bonds. The van der Waals surface area contributed by atoms with Crippen LogP contribution in [0.2, 0.25) is 0 Å². The monoisotopic (exact) mass is 223 g/mol. The highest BCUT2D eigenvalue weighted by Gasteiger charge is 2.21. The van der Waals surface area contributed by atoms with Gasteiger partial charge in [-0.15, -0.1) is 0 Å².